The van der Waals surface area contributed by atoms with Gasteiger partial charge in [-0.15, -0.1) is 0 Å². The van der Waals surface area contributed by atoms with Gasteiger partial charge in [-0.05, 0) is 48.9 Å². The van der Waals surface area contributed by atoms with Crippen LogP contribution >= 0.6 is 0 Å². The number of fused-ring (bicyclic) bond motifs is 2. The van der Waals surface area contributed by atoms with Crippen molar-refractivity contribution in [3.05, 3.63) is 82.8 Å². The average Bonchev–Trinajstić information content (AvgIpc) is 3.16. The van der Waals surface area contributed by atoms with E-state index < -0.39 is 0 Å². The van der Waals surface area contributed by atoms with E-state index in [0.717, 1.165) is 46.8 Å². The Kier molecular flexibility index (Phi) is 4.81. The lowest BCUT2D eigenvalue weighted by molar-refractivity contribution is 0.0962. The second-order valence-electron chi connectivity index (χ2n) is 8.21. The first-order chi connectivity index (χ1) is 15.1. The van der Waals surface area contributed by atoms with Crippen LogP contribution in [0.25, 0.3) is 16.8 Å². The third-order valence-corrected chi connectivity index (χ3v) is 6.20. The summed E-state index contributed by atoms with van der Waals surface area (Å²) in [7, 11) is 1.66. The zero-order valence-corrected chi connectivity index (χ0v) is 18.1. The molecular weight excluding hydrogens is 386 g/mol. The molecule has 0 spiro atoms. The Morgan fingerprint density at radius 3 is 2.48 bits per heavy atom. The lowest BCUT2D eigenvalue weighted by atomic mass is 9.82. The van der Waals surface area contributed by atoms with Crippen molar-refractivity contribution < 1.29 is 9.53 Å². The Hall–Kier alpha value is -3.47. The zero-order chi connectivity index (χ0) is 21.5. The van der Waals surface area contributed by atoms with Gasteiger partial charge in [0.15, 0.2) is 11.4 Å². The number of aromatic nitrogens is 3. The van der Waals surface area contributed by atoms with E-state index in [1.807, 2.05) is 30.5 Å². The molecule has 0 saturated carbocycles. The van der Waals surface area contributed by atoms with Crippen molar-refractivity contribution >= 4 is 11.4 Å². The fourth-order valence-electron chi connectivity index (χ4n) is 4.46. The minimum atomic E-state index is 0.140. The molecule has 4 aromatic rings. The van der Waals surface area contributed by atoms with Gasteiger partial charge in [0.05, 0.1) is 24.1 Å². The second-order valence-corrected chi connectivity index (χ2v) is 8.21. The van der Waals surface area contributed by atoms with Crippen LogP contribution in [0.5, 0.6) is 5.75 Å². The summed E-state index contributed by atoms with van der Waals surface area (Å²) in [6.07, 6.45) is 3.93. The summed E-state index contributed by atoms with van der Waals surface area (Å²) in [6, 6.07) is 16.5. The van der Waals surface area contributed by atoms with Gasteiger partial charge in [-0.3, -0.25) is 4.79 Å². The maximum atomic E-state index is 13.0. The van der Waals surface area contributed by atoms with E-state index in [0.29, 0.717) is 12.0 Å². The first-order valence-electron chi connectivity index (χ1n) is 10.7. The van der Waals surface area contributed by atoms with E-state index >= 15 is 0 Å². The van der Waals surface area contributed by atoms with Crippen LogP contribution in [0.15, 0.2) is 54.7 Å². The number of rotatable bonds is 4. The van der Waals surface area contributed by atoms with Crippen molar-refractivity contribution in [3.8, 4) is 16.9 Å². The molecule has 5 heteroatoms. The van der Waals surface area contributed by atoms with E-state index in [1.165, 1.54) is 11.1 Å². The first-order valence-corrected chi connectivity index (χ1v) is 10.7. The van der Waals surface area contributed by atoms with Crippen LogP contribution in [0.4, 0.5) is 0 Å². The van der Waals surface area contributed by atoms with Crippen molar-refractivity contribution in [2.24, 2.45) is 0 Å². The number of ether oxygens (including phenoxy) is 1. The molecule has 1 unspecified atom stereocenters. The second kappa shape index (κ2) is 7.65. The highest BCUT2D eigenvalue weighted by Gasteiger charge is 2.29. The Morgan fingerprint density at radius 2 is 1.81 bits per heavy atom. The molecule has 0 bridgehead atoms. The number of benzene rings is 2. The number of aryl methyl sites for hydroxylation is 2. The summed E-state index contributed by atoms with van der Waals surface area (Å²) < 4.78 is 7.08. The molecule has 1 aliphatic rings. The van der Waals surface area contributed by atoms with Gasteiger partial charge < -0.3 is 4.74 Å². The molecule has 0 amide bonds. The molecule has 5 nitrogen and oxygen atoms in total. The van der Waals surface area contributed by atoms with Crippen LogP contribution < -0.4 is 4.74 Å². The topological polar surface area (TPSA) is 56.5 Å². The third-order valence-electron chi connectivity index (χ3n) is 6.20. The van der Waals surface area contributed by atoms with E-state index in [1.54, 1.807) is 11.6 Å². The van der Waals surface area contributed by atoms with Crippen molar-refractivity contribution in [2.45, 2.75) is 39.0 Å². The van der Waals surface area contributed by atoms with Crippen LogP contribution in [0.3, 0.4) is 0 Å². The summed E-state index contributed by atoms with van der Waals surface area (Å²) in [5.41, 5.74) is 7.84. The molecule has 156 valence electrons. The molecule has 0 saturated heterocycles. The molecule has 0 fully saturated rings. The van der Waals surface area contributed by atoms with Gasteiger partial charge in [-0.25, -0.2) is 9.50 Å². The van der Waals surface area contributed by atoms with E-state index in [2.05, 4.69) is 38.1 Å². The Bertz CT molecular complexity index is 1270. The average molecular weight is 412 g/mol. The standard InChI is InChI=1S/C26H25N3O2/c1-4-22-25(18-9-11-20(31-3)12-10-18)26-27-23-13-19(17-7-5-16(2)6-8-17)14-24(30)21(23)15-29(26)28-22/h5-12,15,19H,4,13-14H2,1-3H3. The Balaban J connectivity index is 1.62. The molecular formula is C26H25N3O2. The van der Waals surface area contributed by atoms with Crippen LogP contribution in [0.1, 0.15) is 52.1 Å². The van der Waals surface area contributed by atoms with Crippen molar-refractivity contribution in [2.75, 3.05) is 7.11 Å². The monoisotopic (exact) mass is 411 g/mol. The highest BCUT2D eigenvalue weighted by molar-refractivity contribution is 5.99. The summed E-state index contributed by atoms with van der Waals surface area (Å²) in [5.74, 6) is 1.12. The van der Waals surface area contributed by atoms with Crippen LogP contribution in [0.2, 0.25) is 0 Å². The Morgan fingerprint density at radius 1 is 1.06 bits per heavy atom. The van der Waals surface area contributed by atoms with Crippen LogP contribution in [-0.2, 0) is 12.8 Å². The van der Waals surface area contributed by atoms with Crippen molar-refractivity contribution in [3.63, 3.8) is 0 Å². The SMILES string of the molecule is CCc1nn2cc3c(nc2c1-c1ccc(OC)cc1)CC(c1ccc(C)cc1)CC3=O. The van der Waals surface area contributed by atoms with Gasteiger partial charge in [0, 0.05) is 18.2 Å². The molecule has 2 heterocycles. The van der Waals surface area contributed by atoms with Gasteiger partial charge in [-0.2, -0.15) is 5.10 Å². The third kappa shape index (κ3) is 3.40. The van der Waals surface area contributed by atoms with Gasteiger partial charge in [0.1, 0.15) is 5.75 Å². The fourth-order valence-corrected chi connectivity index (χ4v) is 4.46. The predicted octanol–water partition coefficient (Wildman–Crippen LogP) is 5.19. The summed E-state index contributed by atoms with van der Waals surface area (Å²) >= 11 is 0. The maximum absolute atomic E-state index is 13.0. The highest BCUT2D eigenvalue weighted by atomic mass is 16.5. The largest absolute Gasteiger partial charge is 0.497 e. The molecule has 1 atom stereocenters. The predicted molar refractivity (Wildman–Crippen MR) is 121 cm³/mol. The minimum absolute atomic E-state index is 0.140. The fraction of sp³-hybridized carbons (Fsp3) is 0.269. The number of ketones is 1. The number of methoxy groups -OCH3 is 1. The maximum Gasteiger partial charge on any atom is 0.166 e. The van der Waals surface area contributed by atoms with E-state index in [9.17, 15) is 4.79 Å². The van der Waals surface area contributed by atoms with Crippen LogP contribution in [0, 0.1) is 6.92 Å². The van der Waals surface area contributed by atoms with Gasteiger partial charge in [-0.1, -0.05) is 48.9 Å². The smallest absolute Gasteiger partial charge is 0.166 e. The van der Waals surface area contributed by atoms with Gasteiger partial charge in [0.2, 0.25) is 0 Å². The number of nitrogens with zero attached hydrogens (tertiary/aromatic N) is 3. The summed E-state index contributed by atoms with van der Waals surface area (Å²) in [5, 5.41) is 4.75. The van der Waals surface area contributed by atoms with Gasteiger partial charge in [0.25, 0.3) is 0 Å². The number of carbonyl (C=O) groups is 1. The van der Waals surface area contributed by atoms with Crippen molar-refractivity contribution in [1.29, 1.82) is 0 Å². The lowest BCUT2D eigenvalue weighted by Gasteiger charge is -2.23. The molecule has 2 aromatic carbocycles. The molecule has 2 aromatic heterocycles. The normalized spacial score (nSPS) is 15.8. The number of carbonyl (C=O) groups excluding carboxylic acids is 1. The summed E-state index contributed by atoms with van der Waals surface area (Å²) in [6.45, 7) is 4.17. The molecule has 0 aliphatic heterocycles. The number of hydrogen-bond acceptors (Lipinski definition) is 4. The number of hydrogen-bond donors (Lipinski definition) is 0. The molecule has 0 radical (unpaired) electrons. The quantitative estimate of drug-likeness (QED) is 0.464. The summed E-state index contributed by atoms with van der Waals surface area (Å²) in [4.78, 5) is 18.0. The van der Waals surface area contributed by atoms with Crippen molar-refractivity contribution in [1.82, 2.24) is 14.6 Å². The lowest BCUT2D eigenvalue weighted by Crippen LogP contribution is -2.21. The zero-order valence-electron chi connectivity index (χ0n) is 18.1. The Labute approximate surface area is 181 Å². The molecule has 31 heavy (non-hydrogen) atoms. The molecule has 5 rings (SSSR count). The molecule has 1 aliphatic carbocycles. The molecule has 0 N–H and O–H groups in total. The first kappa shape index (κ1) is 19.5. The van der Waals surface area contributed by atoms with E-state index in [-0.39, 0.29) is 11.7 Å². The van der Waals surface area contributed by atoms with Crippen LogP contribution in [-0.4, -0.2) is 27.5 Å². The van der Waals surface area contributed by atoms with E-state index in [4.69, 9.17) is 14.8 Å². The minimum Gasteiger partial charge on any atom is -0.497 e. The highest BCUT2D eigenvalue weighted by Crippen LogP contribution is 2.35. The van der Waals surface area contributed by atoms with Gasteiger partial charge >= 0.3 is 0 Å². The number of Topliss-reactive ketones (excluding diaryl/α,β-unsaturated/α-hetero) is 1.